The minimum atomic E-state index is -1.62. The summed E-state index contributed by atoms with van der Waals surface area (Å²) in [6, 6.07) is 18.5. The molecule has 0 aromatic heterocycles. The molecule has 0 amide bonds. The zero-order chi connectivity index (χ0) is 23.1. The molecule has 0 unspecified atom stereocenters. The summed E-state index contributed by atoms with van der Waals surface area (Å²) < 4.78 is 10.5. The standard InChI is InChI=1S/C22H20B2O8/c25-21(17-7-9-19(10-8-17)23(27)28)31-13-15-3-1-5-18(11-15)22(26)32-14-16-4-2-6-20(12-16)24(29)30/h1-12,27-30H,13-14H2. The summed E-state index contributed by atoms with van der Waals surface area (Å²) in [5.74, 6) is -1.17. The Morgan fingerprint density at radius 1 is 0.625 bits per heavy atom. The Kier molecular flexibility index (Phi) is 7.80. The van der Waals surface area contributed by atoms with Crippen LogP contribution in [0.4, 0.5) is 0 Å². The molecule has 0 aliphatic rings. The van der Waals surface area contributed by atoms with Gasteiger partial charge in [-0.25, -0.2) is 9.59 Å². The highest BCUT2D eigenvalue weighted by Gasteiger charge is 2.14. The third kappa shape index (κ3) is 6.29. The summed E-state index contributed by atoms with van der Waals surface area (Å²) in [5.41, 5.74) is 2.27. The normalized spacial score (nSPS) is 10.4. The van der Waals surface area contributed by atoms with Crippen molar-refractivity contribution in [2.24, 2.45) is 0 Å². The third-order valence-electron chi connectivity index (χ3n) is 4.60. The first-order valence-electron chi connectivity index (χ1n) is 9.68. The van der Waals surface area contributed by atoms with Crippen LogP contribution in [0.2, 0.25) is 0 Å². The molecule has 3 aromatic carbocycles. The monoisotopic (exact) mass is 434 g/mol. The molecule has 3 rings (SSSR count). The summed E-state index contributed by atoms with van der Waals surface area (Å²) in [4.78, 5) is 24.5. The van der Waals surface area contributed by atoms with E-state index < -0.39 is 26.2 Å². The Hall–Kier alpha value is -3.43. The van der Waals surface area contributed by atoms with E-state index in [1.54, 1.807) is 42.5 Å². The van der Waals surface area contributed by atoms with Gasteiger partial charge in [0.15, 0.2) is 0 Å². The van der Waals surface area contributed by atoms with Crippen molar-refractivity contribution >= 4 is 37.1 Å². The molecule has 162 valence electrons. The number of benzene rings is 3. The van der Waals surface area contributed by atoms with Gasteiger partial charge in [0.1, 0.15) is 13.2 Å². The highest BCUT2D eigenvalue weighted by molar-refractivity contribution is 6.58. The van der Waals surface area contributed by atoms with Crippen LogP contribution in [0.3, 0.4) is 0 Å². The molecular weight excluding hydrogens is 414 g/mol. The van der Waals surface area contributed by atoms with Gasteiger partial charge in [0.05, 0.1) is 11.1 Å². The van der Waals surface area contributed by atoms with E-state index in [-0.39, 0.29) is 29.8 Å². The van der Waals surface area contributed by atoms with E-state index in [2.05, 4.69) is 0 Å². The van der Waals surface area contributed by atoms with E-state index in [1.807, 2.05) is 0 Å². The Morgan fingerprint density at radius 3 is 1.75 bits per heavy atom. The van der Waals surface area contributed by atoms with Crippen LogP contribution in [-0.4, -0.2) is 46.3 Å². The molecule has 4 N–H and O–H groups in total. The van der Waals surface area contributed by atoms with Crippen molar-refractivity contribution < 1.29 is 39.2 Å². The molecule has 0 bridgehead atoms. The maximum atomic E-state index is 12.4. The number of rotatable bonds is 8. The lowest BCUT2D eigenvalue weighted by Gasteiger charge is -2.09. The lowest BCUT2D eigenvalue weighted by Crippen LogP contribution is -2.29. The lowest BCUT2D eigenvalue weighted by atomic mass is 9.80. The summed E-state index contributed by atoms with van der Waals surface area (Å²) in [7, 11) is -3.22. The van der Waals surface area contributed by atoms with Gasteiger partial charge in [-0.05, 0) is 46.3 Å². The van der Waals surface area contributed by atoms with Crippen molar-refractivity contribution in [3.05, 3.63) is 95.1 Å². The van der Waals surface area contributed by atoms with Gasteiger partial charge in [0.25, 0.3) is 0 Å². The molecule has 0 aliphatic heterocycles. The fraction of sp³-hybridized carbons (Fsp3) is 0.0909. The highest BCUT2D eigenvalue weighted by atomic mass is 16.5. The molecule has 32 heavy (non-hydrogen) atoms. The number of hydrogen-bond donors (Lipinski definition) is 4. The van der Waals surface area contributed by atoms with Gasteiger partial charge in [0.2, 0.25) is 0 Å². The van der Waals surface area contributed by atoms with Crippen molar-refractivity contribution in [2.45, 2.75) is 13.2 Å². The van der Waals surface area contributed by atoms with Crippen molar-refractivity contribution in [3.63, 3.8) is 0 Å². The van der Waals surface area contributed by atoms with Crippen LogP contribution in [0.25, 0.3) is 0 Å². The highest BCUT2D eigenvalue weighted by Crippen LogP contribution is 2.11. The second kappa shape index (κ2) is 10.7. The van der Waals surface area contributed by atoms with Crippen LogP contribution < -0.4 is 10.9 Å². The summed E-state index contributed by atoms with van der Waals surface area (Å²) in [6.45, 7) is -0.113. The van der Waals surface area contributed by atoms with Crippen molar-refractivity contribution in [2.75, 3.05) is 0 Å². The number of hydrogen-bond acceptors (Lipinski definition) is 8. The zero-order valence-corrected chi connectivity index (χ0v) is 16.9. The van der Waals surface area contributed by atoms with Gasteiger partial charge in [-0.1, -0.05) is 48.5 Å². The van der Waals surface area contributed by atoms with Crippen molar-refractivity contribution in [1.82, 2.24) is 0 Å². The van der Waals surface area contributed by atoms with E-state index in [1.165, 1.54) is 30.3 Å². The van der Waals surface area contributed by atoms with Crippen LogP contribution in [0.15, 0.2) is 72.8 Å². The van der Waals surface area contributed by atoms with Gasteiger partial charge in [-0.2, -0.15) is 0 Å². The van der Waals surface area contributed by atoms with Crippen LogP contribution in [-0.2, 0) is 22.7 Å². The average molecular weight is 434 g/mol. The van der Waals surface area contributed by atoms with Gasteiger partial charge >= 0.3 is 26.2 Å². The molecule has 0 saturated heterocycles. The minimum Gasteiger partial charge on any atom is -0.457 e. The summed E-state index contributed by atoms with van der Waals surface area (Å²) in [6.07, 6.45) is 0. The first-order chi connectivity index (χ1) is 15.3. The maximum Gasteiger partial charge on any atom is 0.488 e. The molecule has 10 heteroatoms. The lowest BCUT2D eigenvalue weighted by molar-refractivity contribution is 0.0472. The zero-order valence-electron chi connectivity index (χ0n) is 16.9. The molecule has 0 fully saturated rings. The fourth-order valence-corrected chi connectivity index (χ4v) is 2.89. The van der Waals surface area contributed by atoms with Gasteiger partial charge in [-0.3, -0.25) is 0 Å². The Morgan fingerprint density at radius 2 is 1.16 bits per heavy atom. The molecule has 0 saturated carbocycles. The molecule has 0 aliphatic carbocycles. The molecule has 0 radical (unpaired) electrons. The minimum absolute atomic E-state index is 0.0445. The summed E-state index contributed by atoms with van der Waals surface area (Å²) >= 11 is 0. The predicted molar refractivity (Wildman–Crippen MR) is 117 cm³/mol. The third-order valence-corrected chi connectivity index (χ3v) is 4.60. The predicted octanol–water partition coefficient (Wildman–Crippen LogP) is -0.240. The van der Waals surface area contributed by atoms with Crippen LogP contribution in [0.1, 0.15) is 31.8 Å². The van der Waals surface area contributed by atoms with Crippen LogP contribution in [0, 0.1) is 0 Å². The molecule has 0 atom stereocenters. The van der Waals surface area contributed by atoms with Crippen molar-refractivity contribution in [3.8, 4) is 0 Å². The topological polar surface area (TPSA) is 134 Å². The SMILES string of the molecule is O=C(OCc1cccc(C(=O)OCc2cccc(B(O)O)c2)c1)c1ccc(B(O)O)cc1. The van der Waals surface area contributed by atoms with Crippen molar-refractivity contribution in [1.29, 1.82) is 0 Å². The van der Waals surface area contributed by atoms with Gasteiger partial charge < -0.3 is 29.6 Å². The van der Waals surface area contributed by atoms with E-state index in [4.69, 9.17) is 19.5 Å². The molecule has 0 heterocycles. The Bertz CT molecular complexity index is 1080. The second-order valence-electron chi connectivity index (χ2n) is 6.97. The number of carbonyl (C=O) groups is 2. The van der Waals surface area contributed by atoms with Crippen LogP contribution in [0.5, 0.6) is 0 Å². The first kappa shape index (κ1) is 23.2. The Balaban J connectivity index is 1.57. The molecule has 0 spiro atoms. The molecular formula is C22H20B2O8. The van der Waals surface area contributed by atoms with Gasteiger partial charge in [0, 0.05) is 0 Å². The van der Waals surface area contributed by atoms with E-state index in [9.17, 15) is 19.6 Å². The molecule has 8 nitrogen and oxygen atoms in total. The average Bonchev–Trinajstić information content (AvgIpc) is 2.81. The Labute approximate surface area is 185 Å². The number of carbonyl (C=O) groups excluding carboxylic acids is 2. The number of ether oxygens (including phenoxy) is 2. The summed E-state index contributed by atoms with van der Waals surface area (Å²) in [5, 5.41) is 36.6. The number of esters is 2. The van der Waals surface area contributed by atoms with Crippen LogP contribution >= 0.6 is 0 Å². The smallest absolute Gasteiger partial charge is 0.457 e. The van der Waals surface area contributed by atoms with Gasteiger partial charge in [-0.15, -0.1) is 0 Å². The quantitative estimate of drug-likeness (QED) is 0.282. The van der Waals surface area contributed by atoms with E-state index in [0.29, 0.717) is 16.6 Å². The largest absolute Gasteiger partial charge is 0.488 e. The molecule has 3 aromatic rings. The fourth-order valence-electron chi connectivity index (χ4n) is 2.89. The van der Waals surface area contributed by atoms with E-state index >= 15 is 0 Å². The first-order valence-corrected chi connectivity index (χ1v) is 9.68. The maximum absolute atomic E-state index is 12.4. The van der Waals surface area contributed by atoms with E-state index in [0.717, 1.165) is 0 Å². The second-order valence-corrected chi connectivity index (χ2v) is 6.97.